The van der Waals surface area contributed by atoms with Gasteiger partial charge in [0.25, 0.3) is 0 Å². The Morgan fingerprint density at radius 3 is 2.18 bits per heavy atom. The van der Waals surface area contributed by atoms with Crippen molar-refractivity contribution in [1.29, 1.82) is 0 Å². The molecule has 1 rings (SSSR count). The number of para-hydroxylation sites is 1. The fourth-order valence-electron chi connectivity index (χ4n) is 0.618. The van der Waals surface area contributed by atoms with Crippen molar-refractivity contribution < 1.29 is 4.79 Å². The van der Waals surface area contributed by atoms with Crippen molar-refractivity contribution in [2.45, 2.75) is 13.8 Å². The fourth-order valence-corrected chi connectivity index (χ4v) is 0.618. The molecule has 2 N–H and O–H groups in total. The van der Waals surface area contributed by atoms with Crippen molar-refractivity contribution in [2.75, 3.05) is 5.73 Å². The lowest BCUT2D eigenvalue weighted by Gasteiger charge is -1.92. The van der Waals surface area contributed by atoms with Gasteiger partial charge in [-0.15, -0.1) is 0 Å². The van der Waals surface area contributed by atoms with Gasteiger partial charge in [0, 0.05) is 11.3 Å². The van der Waals surface area contributed by atoms with Gasteiger partial charge in [-0.2, -0.15) is 0 Å². The minimum absolute atomic E-state index is 0.535. The van der Waals surface area contributed by atoms with Gasteiger partial charge in [-0.25, -0.2) is 0 Å². The number of hydrogen-bond donors (Lipinski definition) is 1. The van der Waals surface area contributed by atoms with Crippen LogP contribution in [0.3, 0.4) is 0 Å². The van der Waals surface area contributed by atoms with E-state index in [2.05, 4.69) is 0 Å². The first-order valence-corrected chi connectivity index (χ1v) is 3.64. The molecule has 0 aromatic heterocycles. The van der Waals surface area contributed by atoms with Gasteiger partial charge < -0.3 is 5.73 Å². The number of anilines is 1. The number of rotatable bonds is 1. The van der Waals surface area contributed by atoms with Gasteiger partial charge in [0.15, 0.2) is 6.29 Å². The molecular weight excluding hydrogens is 138 g/mol. The second kappa shape index (κ2) is 5.47. The standard InChI is InChI=1S/C7H7NO.C2H6/c8-7-4-2-1-3-6(7)5-9;1-2/h1-5H,8H2;1-2H3. The summed E-state index contributed by atoms with van der Waals surface area (Å²) < 4.78 is 0. The zero-order valence-corrected chi connectivity index (χ0v) is 6.87. The quantitative estimate of drug-likeness (QED) is 0.493. The highest BCUT2D eigenvalue weighted by atomic mass is 16.1. The molecule has 0 amide bonds. The van der Waals surface area contributed by atoms with Gasteiger partial charge in [-0.05, 0) is 12.1 Å². The molecule has 2 nitrogen and oxygen atoms in total. The first-order valence-electron chi connectivity index (χ1n) is 3.64. The maximum Gasteiger partial charge on any atom is 0.152 e. The highest BCUT2D eigenvalue weighted by molar-refractivity contribution is 5.82. The SMILES string of the molecule is CC.Nc1ccccc1C=O. The van der Waals surface area contributed by atoms with Gasteiger partial charge in [-0.1, -0.05) is 26.0 Å². The van der Waals surface area contributed by atoms with Crippen molar-refractivity contribution in [1.82, 2.24) is 0 Å². The molecule has 0 spiro atoms. The summed E-state index contributed by atoms with van der Waals surface area (Å²) in [4.78, 5) is 10.1. The normalized spacial score (nSPS) is 7.82. The Labute approximate surface area is 67.0 Å². The average molecular weight is 151 g/mol. The average Bonchev–Trinajstić information content (AvgIpc) is 2.09. The van der Waals surface area contributed by atoms with E-state index in [0.29, 0.717) is 11.3 Å². The summed E-state index contributed by atoms with van der Waals surface area (Å²) in [6.07, 6.45) is 0.745. The molecule has 11 heavy (non-hydrogen) atoms. The summed E-state index contributed by atoms with van der Waals surface area (Å²) >= 11 is 0. The third kappa shape index (κ3) is 2.85. The Kier molecular flexibility index (Phi) is 4.82. The Balaban J connectivity index is 0.000000461. The second-order valence-corrected chi connectivity index (χ2v) is 1.75. The highest BCUT2D eigenvalue weighted by Crippen LogP contribution is 2.05. The van der Waals surface area contributed by atoms with Crippen LogP contribution in [0.15, 0.2) is 24.3 Å². The number of nitrogens with two attached hydrogens (primary N) is 1. The zero-order valence-electron chi connectivity index (χ0n) is 6.87. The molecular formula is C9H13NO. The molecule has 1 aromatic rings. The van der Waals surface area contributed by atoms with Crippen LogP contribution >= 0.6 is 0 Å². The van der Waals surface area contributed by atoms with E-state index in [4.69, 9.17) is 5.73 Å². The summed E-state index contributed by atoms with van der Waals surface area (Å²) in [5, 5.41) is 0. The first-order chi connectivity index (χ1) is 5.34. The minimum atomic E-state index is 0.535. The maximum absolute atomic E-state index is 10.1. The third-order valence-electron chi connectivity index (χ3n) is 1.12. The van der Waals surface area contributed by atoms with Crippen molar-refractivity contribution in [2.24, 2.45) is 0 Å². The van der Waals surface area contributed by atoms with Gasteiger partial charge in [-0.3, -0.25) is 4.79 Å². The molecule has 0 bridgehead atoms. The monoisotopic (exact) mass is 151 g/mol. The Morgan fingerprint density at radius 1 is 1.27 bits per heavy atom. The van der Waals surface area contributed by atoms with Crippen molar-refractivity contribution >= 4 is 12.0 Å². The van der Waals surface area contributed by atoms with Crippen LogP contribution < -0.4 is 5.73 Å². The highest BCUT2D eigenvalue weighted by Gasteiger charge is 1.90. The number of hydrogen-bond acceptors (Lipinski definition) is 2. The molecule has 0 unspecified atom stereocenters. The molecule has 0 aliphatic heterocycles. The Morgan fingerprint density at radius 2 is 1.82 bits per heavy atom. The van der Waals surface area contributed by atoms with Crippen LogP contribution in [0, 0.1) is 0 Å². The van der Waals surface area contributed by atoms with Crippen LogP contribution in [-0.2, 0) is 0 Å². The van der Waals surface area contributed by atoms with Crippen LogP contribution in [0.2, 0.25) is 0 Å². The van der Waals surface area contributed by atoms with Crippen LogP contribution in [0.1, 0.15) is 24.2 Å². The molecule has 0 aliphatic carbocycles. The van der Waals surface area contributed by atoms with E-state index in [0.717, 1.165) is 6.29 Å². The van der Waals surface area contributed by atoms with Gasteiger partial charge in [0.2, 0.25) is 0 Å². The van der Waals surface area contributed by atoms with E-state index >= 15 is 0 Å². The molecule has 60 valence electrons. The summed E-state index contributed by atoms with van der Waals surface area (Å²) in [6, 6.07) is 6.95. The molecule has 0 heterocycles. The number of aldehydes is 1. The lowest BCUT2D eigenvalue weighted by atomic mass is 10.2. The molecule has 0 saturated carbocycles. The van der Waals surface area contributed by atoms with E-state index in [1.165, 1.54) is 0 Å². The molecule has 0 atom stereocenters. The Hall–Kier alpha value is -1.31. The summed E-state index contributed by atoms with van der Waals surface area (Å²) in [7, 11) is 0. The number of nitrogen functional groups attached to an aromatic ring is 1. The van der Waals surface area contributed by atoms with Crippen LogP contribution in [0.25, 0.3) is 0 Å². The topological polar surface area (TPSA) is 43.1 Å². The molecule has 0 fully saturated rings. The van der Waals surface area contributed by atoms with Crippen molar-refractivity contribution in [3.05, 3.63) is 29.8 Å². The minimum Gasteiger partial charge on any atom is -0.398 e. The smallest absolute Gasteiger partial charge is 0.152 e. The van der Waals surface area contributed by atoms with E-state index in [1.807, 2.05) is 13.8 Å². The summed E-state index contributed by atoms with van der Waals surface area (Å²) in [5.74, 6) is 0. The largest absolute Gasteiger partial charge is 0.398 e. The van der Waals surface area contributed by atoms with E-state index in [9.17, 15) is 4.79 Å². The molecule has 0 saturated heterocycles. The first kappa shape index (κ1) is 9.69. The predicted octanol–water partition coefficient (Wildman–Crippen LogP) is 2.11. The lowest BCUT2D eigenvalue weighted by molar-refractivity contribution is 0.112. The van der Waals surface area contributed by atoms with E-state index in [1.54, 1.807) is 24.3 Å². The van der Waals surface area contributed by atoms with Crippen molar-refractivity contribution in [3.63, 3.8) is 0 Å². The van der Waals surface area contributed by atoms with Crippen LogP contribution in [-0.4, -0.2) is 6.29 Å². The van der Waals surface area contributed by atoms with Gasteiger partial charge >= 0.3 is 0 Å². The Bertz CT molecular complexity index is 221. The molecule has 0 radical (unpaired) electrons. The predicted molar refractivity (Wildman–Crippen MR) is 47.6 cm³/mol. The third-order valence-corrected chi connectivity index (χ3v) is 1.12. The molecule has 0 aliphatic rings. The molecule has 2 heteroatoms. The lowest BCUT2D eigenvalue weighted by Crippen LogP contribution is -1.90. The molecule has 1 aromatic carbocycles. The fraction of sp³-hybridized carbons (Fsp3) is 0.222. The van der Waals surface area contributed by atoms with Crippen molar-refractivity contribution in [3.8, 4) is 0 Å². The van der Waals surface area contributed by atoms with Gasteiger partial charge in [0.1, 0.15) is 0 Å². The van der Waals surface area contributed by atoms with Crippen LogP contribution in [0.4, 0.5) is 5.69 Å². The van der Waals surface area contributed by atoms with E-state index < -0.39 is 0 Å². The summed E-state index contributed by atoms with van der Waals surface area (Å²) in [5.41, 5.74) is 6.49. The maximum atomic E-state index is 10.1. The number of carbonyl (C=O) groups is 1. The zero-order chi connectivity index (χ0) is 8.69. The van der Waals surface area contributed by atoms with Crippen LogP contribution in [0.5, 0.6) is 0 Å². The number of carbonyl (C=O) groups excluding carboxylic acids is 1. The summed E-state index contributed by atoms with van der Waals surface area (Å²) in [6.45, 7) is 4.00. The second-order valence-electron chi connectivity index (χ2n) is 1.75. The van der Waals surface area contributed by atoms with Gasteiger partial charge in [0.05, 0.1) is 0 Å². The number of benzene rings is 1. The van der Waals surface area contributed by atoms with E-state index in [-0.39, 0.29) is 0 Å².